The van der Waals surface area contributed by atoms with Gasteiger partial charge in [-0.05, 0) is 12.1 Å². The van der Waals surface area contributed by atoms with Gasteiger partial charge in [-0.3, -0.25) is 0 Å². The van der Waals surface area contributed by atoms with E-state index in [0.717, 1.165) is 6.07 Å². The summed E-state index contributed by atoms with van der Waals surface area (Å²) in [4.78, 5) is 0. The van der Waals surface area contributed by atoms with Crippen LogP contribution in [0.5, 0.6) is 5.75 Å². The van der Waals surface area contributed by atoms with Crippen LogP contribution in [0.2, 0.25) is 5.02 Å². The first-order valence-corrected chi connectivity index (χ1v) is 4.07. The fraction of sp³-hybridized carbons (Fsp3) is 0.250. The van der Waals surface area contributed by atoms with E-state index in [2.05, 4.69) is 0 Å². The Morgan fingerprint density at radius 1 is 1.54 bits per heavy atom. The van der Waals surface area contributed by atoms with E-state index in [1.807, 2.05) is 0 Å². The van der Waals surface area contributed by atoms with Crippen molar-refractivity contribution in [2.75, 3.05) is 6.54 Å². The Labute approximate surface area is 80.1 Å². The molecule has 3 nitrogen and oxygen atoms in total. The predicted octanol–water partition coefficient (Wildman–Crippen LogP) is 1.14. The van der Waals surface area contributed by atoms with Crippen molar-refractivity contribution in [3.05, 3.63) is 28.5 Å². The molecule has 5 N–H and O–H groups in total. The van der Waals surface area contributed by atoms with Crippen LogP contribution in [0.3, 0.4) is 0 Å². The number of benzene rings is 1. The SMILES string of the molecule is NC[C@@H](N)c1cc(Cl)cc(F)c1O. The zero-order valence-corrected chi connectivity index (χ0v) is 7.55. The van der Waals surface area contributed by atoms with Crippen molar-refractivity contribution in [3.8, 4) is 5.75 Å². The number of phenols is 1. The molecule has 0 saturated carbocycles. The van der Waals surface area contributed by atoms with E-state index in [4.69, 9.17) is 23.1 Å². The molecule has 0 aliphatic carbocycles. The van der Waals surface area contributed by atoms with Crippen molar-refractivity contribution in [1.82, 2.24) is 0 Å². The van der Waals surface area contributed by atoms with E-state index in [0.29, 0.717) is 0 Å². The van der Waals surface area contributed by atoms with Gasteiger partial charge in [-0.15, -0.1) is 0 Å². The number of halogens is 2. The normalized spacial score (nSPS) is 12.9. The minimum Gasteiger partial charge on any atom is -0.505 e. The van der Waals surface area contributed by atoms with Crippen LogP contribution in [-0.2, 0) is 0 Å². The Hall–Kier alpha value is -0.840. The minimum atomic E-state index is -0.786. The monoisotopic (exact) mass is 204 g/mol. The van der Waals surface area contributed by atoms with Crippen LogP contribution < -0.4 is 11.5 Å². The number of hydrogen-bond acceptors (Lipinski definition) is 3. The highest BCUT2D eigenvalue weighted by Crippen LogP contribution is 2.28. The van der Waals surface area contributed by atoms with Gasteiger partial charge in [-0.2, -0.15) is 0 Å². The highest BCUT2D eigenvalue weighted by Gasteiger charge is 2.14. The lowest BCUT2D eigenvalue weighted by Crippen LogP contribution is -2.21. The summed E-state index contributed by atoms with van der Waals surface area (Å²) in [6.07, 6.45) is 0. The zero-order chi connectivity index (χ0) is 10.0. The van der Waals surface area contributed by atoms with Crippen molar-refractivity contribution in [2.24, 2.45) is 11.5 Å². The number of rotatable bonds is 2. The third kappa shape index (κ3) is 2.09. The molecule has 1 atom stereocenters. The highest BCUT2D eigenvalue weighted by molar-refractivity contribution is 6.30. The molecule has 0 amide bonds. The maximum atomic E-state index is 12.9. The standard InChI is InChI=1S/C8H10ClFN2O/c9-4-1-5(7(12)3-11)8(13)6(10)2-4/h1-2,7,13H,3,11-12H2/t7-/m1/s1. The topological polar surface area (TPSA) is 72.3 Å². The quantitative estimate of drug-likeness (QED) is 0.677. The van der Waals surface area contributed by atoms with E-state index in [9.17, 15) is 9.50 Å². The first kappa shape index (κ1) is 10.2. The van der Waals surface area contributed by atoms with Crippen molar-refractivity contribution < 1.29 is 9.50 Å². The van der Waals surface area contributed by atoms with Crippen LogP contribution in [0, 0.1) is 5.82 Å². The van der Waals surface area contributed by atoms with Gasteiger partial charge in [-0.1, -0.05) is 11.6 Å². The van der Waals surface area contributed by atoms with Gasteiger partial charge in [0.2, 0.25) is 0 Å². The molecule has 72 valence electrons. The fourth-order valence-electron chi connectivity index (χ4n) is 0.996. The van der Waals surface area contributed by atoms with Crippen molar-refractivity contribution >= 4 is 11.6 Å². The molecule has 0 radical (unpaired) electrons. The van der Waals surface area contributed by atoms with E-state index in [1.165, 1.54) is 6.07 Å². The lowest BCUT2D eigenvalue weighted by Gasteiger charge is -2.11. The summed E-state index contributed by atoms with van der Waals surface area (Å²) in [5.74, 6) is -1.27. The summed E-state index contributed by atoms with van der Waals surface area (Å²) in [6, 6.07) is 1.81. The van der Waals surface area contributed by atoms with Gasteiger partial charge in [-0.25, -0.2) is 4.39 Å². The van der Waals surface area contributed by atoms with Crippen molar-refractivity contribution in [1.29, 1.82) is 0 Å². The number of nitrogens with two attached hydrogens (primary N) is 2. The number of phenolic OH excluding ortho intramolecular Hbond substituents is 1. The van der Waals surface area contributed by atoms with Crippen LogP contribution in [0.4, 0.5) is 4.39 Å². The Balaban J connectivity index is 3.20. The summed E-state index contributed by atoms with van der Waals surface area (Å²) in [7, 11) is 0. The maximum Gasteiger partial charge on any atom is 0.166 e. The molecule has 0 fully saturated rings. The van der Waals surface area contributed by atoms with Crippen LogP contribution in [0.1, 0.15) is 11.6 Å². The number of aromatic hydroxyl groups is 1. The highest BCUT2D eigenvalue weighted by atomic mass is 35.5. The second-order valence-corrected chi connectivity index (χ2v) is 3.10. The lowest BCUT2D eigenvalue weighted by molar-refractivity contribution is 0.421. The molecular formula is C8H10ClFN2O. The third-order valence-electron chi connectivity index (χ3n) is 1.71. The zero-order valence-electron chi connectivity index (χ0n) is 6.80. The first-order chi connectivity index (χ1) is 6.06. The minimum absolute atomic E-state index is 0.118. The molecule has 1 aromatic carbocycles. The molecular weight excluding hydrogens is 195 g/mol. The molecule has 0 heterocycles. The van der Waals surface area contributed by atoms with E-state index in [-0.39, 0.29) is 17.1 Å². The Bertz CT molecular complexity index is 319. The summed E-state index contributed by atoms with van der Waals surface area (Å²) in [5.41, 5.74) is 11.0. The number of hydrogen-bond donors (Lipinski definition) is 3. The van der Waals surface area contributed by atoms with Crippen molar-refractivity contribution in [2.45, 2.75) is 6.04 Å². The molecule has 0 saturated heterocycles. The molecule has 13 heavy (non-hydrogen) atoms. The third-order valence-corrected chi connectivity index (χ3v) is 1.93. The largest absolute Gasteiger partial charge is 0.505 e. The lowest BCUT2D eigenvalue weighted by atomic mass is 10.1. The summed E-state index contributed by atoms with van der Waals surface area (Å²) in [5, 5.41) is 9.44. The van der Waals surface area contributed by atoms with Crippen LogP contribution in [-0.4, -0.2) is 11.7 Å². The Morgan fingerprint density at radius 3 is 2.69 bits per heavy atom. The smallest absolute Gasteiger partial charge is 0.166 e. The molecule has 1 rings (SSSR count). The summed E-state index contributed by atoms with van der Waals surface area (Å²) >= 11 is 5.58. The first-order valence-electron chi connectivity index (χ1n) is 3.69. The van der Waals surface area contributed by atoms with Gasteiger partial charge in [0.25, 0.3) is 0 Å². The summed E-state index contributed by atoms with van der Waals surface area (Å²) < 4.78 is 12.9. The van der Waals surface area contributed by atoms with Gasteiger partial charge in [0, 0.05) is 23.2 Å². The molecule has 0 spiro atoms. The van der Waals surface area contributed by atoms with E-state index < -0.39 is 17.6 Å². The fourth-order valence-corrected chi connectivity index (χ4v) is 1.21. The van der Waals surface area contributed by atoms with E-state index in [1.54, 1.807) is 0 Å². The second-order valence-electron chi connectivity index (χ2n) is 2.67. The molecule has 1 aromatic rings. The Kier molecular flexibility index (Phi) is 3.08. The molecule has 5 heteroatoms. The van der Waals surface area contributed by atoms with Crippen LogP contribution >= 0.6 is 11.6 Å². The van der Waals surface area contributed by atoms with Gasteiger partial charge in [0.15, 0.2) is 11.6 Å². The van der Waals surface area contributed by atoms with Crippen LogP contribution in [0.15, 0.2) is 12.1 Å². The maximum absolute atomic E-state index is 12.9. The predicted molar refractivity (Wildman–Crippen MR) is 49.1 cm³/mol. The average Bonchev–Trinajstić information content (AvgIpc) is 2.10. The molecule has 0 aromatic heterocycles. The van der Waals surface area contributed by atoms with Gasteiger partial charge in [0.1, 0.15) is 0 Å². The van der Waals surface area contributed by atoms with E-state index >= 15 is 0 Å². The summed E-state index contributed by atoms with van der Waals surface area (Å²) in [6.45, 7) is 0.118. The molecule has 0 unspecified atom stereocenters. The molecule has 0 aliphatic rings. The van der Waals surface area contributed by atoms with Crippen LogP contribution in [0.25, 0.3) is 0 Å². The molecule has 0 aliphatic heterocycles. The average molecular weight is 205 g/mol. The van der Waals surface area contributed by atoms with Gasteiger partial charge < -0.3 is 16.6 Å². The molecule has 0 bridgehead atoms. The van der Waals surface area contributed by atoms with Gasteiger partial charge in [0.05, 0.1) is 0 Å². The van der Waals surface area contributed by atoms with Crippen molar-refractivity contribution in [3.63, 3.8) is 0 Å². The van der Waals surface area contributed by atoms with Gasteiger partial charge >= 0.3 is 0 Å². The Morgan fingerprint density at radius 2 is 2.15 bits per heavy atom. The second kappa shape index (κ2) is 3.91.